The first-order valence-corrected chi connectivity index (χ1v) is 10.4. The molecule has 4 rings (SSSR count). The third kappa shape index (κ3) is 4.84. The summed E-state index contributed by atoms with van der Waals surface area (Å²) in [7, 11) is 0. The number of carbonyl (C=O) groups excluding carboxylic acids is 1. The molecule has 2 aromatic carbocycles. The van der Waals surface area contributed by atoms with Crippen molar-refractivity contribution < 1.29 is 4.79 Å². The van der Waals surface area contributed by atoms with E-state index in [4.69, 9.17) is 11.6 Å². The number of nitrogens with one attached hydrogen (secondary N) is 1. The molecule has 1 N–H and O–H groups in total. The van der Waals surface area contributed by atoms with Crippen molar-refractivity contribution in [3.05, 3.63) is 78.0 Å². The van der Waals surface area contributed by atoms with Crippen LogP contribution >= 0.6 is 23.4 Å². The molecule has 0 saturated carbocycles. The van der Waals surface area contributed by atoms with Crippen LogP contribution in [0.25, 0.3) is 16.9 Å². The Hall–Kier alpha value is -3.23. The van der Waals surface area contributed by atoms with Gasteiger partial charge >= 0.3 is 0 Å². The Morgan fingerprint density at radius 3 is 2.73 bits per heavy atom. The van der Waals surface area contributed by atoms with Crippen LogP contribution in [0.4, 0.5) is 5.69 Å². The van der Waals surface area contributed by atoms with Gasteiger partial charge in [0.25, 0.3) is 0 Å². The van der Waals surface area contributed by atoms with Gasteiger partial charge < -0.3 is 5.32 Å². The molecular formula is C21H17ClN6OS. The van der Waals surface area contributed by atoms with Crippen LogP contribution in [0.15, 0.2) is 72.4 Å². The van der Waals surface area contributed by atoms with E-state index < -0.39 is 0 Å². The number of carbonyl (C=O) groups is 1. The van der Waals surface area contributed by atoms with Gasteiger partial charge in [0.2, 0.25) is 5.91 Å². The van der Waals surface area contributed by atoms with E-state index >= 15 is 0 Å². The van der Waals surface area contributed by atoms with E-state index in [1.807, 2.05) is 43.3 Å². The van der Waals surface area contributed by atoms with Gasteiger partial charge in [-0.05, 0) is 31.2 Å². The second kappa shape index (κ2) is 9.06. The molecule has 7 nitrogen and oxygen atoms in total. The van der Waals surface area contributed by atoms with Crippen LogP contribution in [-0.4, -0.2) is 36.4 Å². The Balaban J connectivity index is 1.48. The molecule has 0 aliphatic rings. The zero-order valence-corrected chi connectivity index (χ0v) is 17.6. The SMILES string of the molecule is Cc1cc(-c2ccccc2)nc(SCC(=O)Nc2cc(Cl)ccc2-n2cncn2)n1. The largest absolute Gasteiger partial charge is 0.323 e. The zero-order valence-electron chi connectivity index (χ0n) is 16.0. The van der Waals surface area contributed by atoms with Gasteiger partial charge in [0.1, 0.15) is 12.7 Å². The van der Waals surface area contributed by atoms with Crippen LogP contribution in [0.1, 0.15) is 5.69 Å². The normalized spacial score (nSPS) is 10.7. The highest BCUT2D eigenvalue weighted by atomic mass is 35.5. The molecule has 2 aromatic heterocycles. The average Bonchev–Trinajstić information content (AvgIpc) is 3.27. The summed E-state index contributed by atoms with van der Waals surface area (Å²) in [5.41, 5.74) is 3.90. The van der Waals surface area contributed by atoms with Crippen molar-refractivity contribution in [2.24, 2.45) is 0 Å². The third-order valence-corrected chi connectivity index (χ3v) is 5.22. The van der Waals surface area contributed by atoms with Gasteiger partial charge in [-0.25, -0.2) is 19.6 Å². The fraction of sp³-hybridized carbons (Fsp3) is 0.0952. The third-order valence-electron chi connectivity index (χ3n) is 4.13. The number of halogens is 1. The minimum absolute atomic E-state index is 0.154. The first-order valence-electron chi connectivity index (χ1n) is 9.07. The van der Waals surface area contributed by atoms with Gasteiger partial charge in [0.15, 0.2) is 5.16 Å². The average molecular weight is 437 g/mol. The van der Waals surface area contributed by atoms with Gasteiger partial charge in [-0.3, -0.25) is 4.79 Å². The maximum absolute atomic E-state index is 12.6. The number of hydrogen-bond donors (Lipinski definition) is 1. The summed E-state index contributed by atoms with van der Waals surface area (Å²) in [6.07, 6.45) is 2.98. The first-order chi connectivity index (χ1) is 14.6. The quantitative estimate of drug-likeness (QED) is 0.356. The maximum Gasteiger partial charge on any atom is 0.234 e. The lowest BCUT2D eigenvalue weighted by molar-refractivity contribution is -0.113. The number of rotatable bonds is 6. The lowest BCUT2D eigenvalue weighted by Crippen LogP contribution is -2.16. The molecular weight excluding hydrogens is 420 g/mol. The van der Waals surface area contributed by atoms with Crippen LogP contribution in [-0.2, 0) is 4.79 Å². The van der Waals surface area contributed by atoms with E-state index in [9.17, 15) is 4.79 Å². The smallest absolute Gasteiger partial charge is 0.234 e. The van der Waals surface area contributed by atoms with Gasteiger partial charge in [0, 0.05) is 16.3 Å². The van der Waals surface area contributed by atoms with Crippen molar-refractivity contribution >= 4 is 35.0 Å². The summed E-state index contributed by atoms with van der Waals surface area (Å²) in [5, 5.41) is 8.05. The molecule has 0 saturated heterocycles. The van der Waals surface area contributed by atoms with Crippen LogP contribution in [0, 0.1) is 6.92 Å². The first kappa shape index (κ1) is 20.1. The molecule has 0 aliphatic carbocycles. The lowest BCUT2D eigenvalue weighted by Gasteiger charge is -2.11. The Bertz CT molecular complexity index is 1170. The number of hydrogen-bond acceptors (Lipinski definition) is 6. The van der Waals surface area contributed by atoms with E-state index in [-0.39, 0.29) is 11.7 Å². The Morgan fingerprint density at radius 1 is 1.13 bits per heavy atom. The molecule has 0 aliphatic heterocycles. The lowest BCUT2D eigenvalue weighted by atomic mass is 10.1. The predicted octanol–water partition coefficient (Wildman–Crippen LogP) is 4.42. The molecule has 1 amide bonds. The highest BCUT2D eigenvalue weighted by Crippen LogP contribution is 2.25. The topological polar surface area (TPSA) is 85.6 Å². The van der Waals surface area contributed by atoms with E-state index in [1.54, 1.807) is 29.2 Å². The molecule has 0 unspecified atom stereocenters. The molecule has 0 spiro atoms. The molecule has 0 bridgehead atoms. The molecule has 9 heteroatoms. The Labute approximate surface area is 182 Å². The number of thioether (sulfide) groups is 1. The molecule has 2 heterocycles. The Morgan fingerprint density at radius 2 is 1.97 bits per heavy atom. The van der Waals surface area contributed by atoms with Crippen LogP contribution in [0.5, 0.6) is 0 Å². The van der Waals surface area contributed by atoms with Gasteiger partial charge in [0.05, 0.1) is 22.8 Å². The molecule has 0 atom stereocenters. The standard InChI is InChI=1S/C21H17ClN6OS/c1-14-9-17(15-5-3-2-4-6-15)27-21(25-14)30-11-20(29)26-18-10-16(22)7-8-19(18)28-13-23-12-24-28/h2-10,12-13H,11H2,1H3,(H,26,29). The van der Waals surface area contributed by atoms with E-state index in [0.29, 0.717) is 21.6 Å². The molecule has 0 radical (unpaired) electrons. The van der Waals surface area contributed by atoms with Crippen molar-refractivity contribution in [2.45, 2.75) is 12.1 Å². The van der Waals surface area contributed by atoms with Crippen molar-refractivity contribution in [2.75, 3.05) is 11.1 Å². The number of anilines is 1. The maximum atomic E-state index is 12.6. The second-order valence-electron chi connectivity index (χ2n) is 6.38. The molecule has 0 fully saturated rings. The van der Waals surface area contributed by atoms with E-state index in [1.165, 1.54) is 18.1 Å². The van der Waals surface area contributed by atoms with Crippen LogP contribution < -0.4 is 5.32 Å². The van der Waals surface area contributed by atoms with Gasteiger partial charge in [-0.15, -0.1) is 0 Å². The molecule has 4 aromatic rings. The number of aryl methyl sites for hydroxylation is 1. The highest BCUT2D eigenvalue weighted by molar-refractivity contribution is 7.99. The summed E-state index contributed by atoms with van der Waals surface area (Å²) in [6.45, 7) is 1.91. The minimum atomic E-state index is -0.199. The minimum Gasteiger partial charge on any atom is -0.323 e. The van der Waals surface area contributed by atoms with Crippen molar-refractivity contribution in [1.29, 1.82) is 0 Å². The van der Waals surface area contributed by atoms with Crippen LogP contribution in [0.2, 0.25) is 5.02 Å². The molecule has 150 valence electrons. The number of aromatic nitrogens is 5. The molecule has 30 heavy (non-hydrogen) atoms. The summed E-state index contributed by atoms with van der Waals surface area (Å²) >= 11 is 7.38. The number of amides is 1. The zero-order chi connectivity index (χ0) is 20.9. The summed E-state index contributed by atoms with van der Waals surface area (Å²) in [6, 6.07) is 17.0. The van der Waals surface area contributed by atoms with Gasteiger partial charge in [-0.1, -0.05) is 53.7 Å². The fourth-order valence-corrected chi connectivity index (χ4v) is 3.70. The van der Waals surface area contributed by atoms with Crippen molar-refractivity contribution in [3.8, 4) is 16.9 Å². The monoisotopic (exact) mass is 436 g/mol. The van der Waals surface area contributed by atoms with E-state index in [0.717, 1.165) is 17.0 Å². The predicted molar refractivity (Wildman–Crippen MR) is 118 cm³/mol. The summed E-state index contributed by atoms with van der Waals surface area (Å²) < 4.78 is 1.56. The van der Waals surface area contributed by atoms with Crippen LogP contribution in [0.3, 0.4) is 0 Å². The fourth-order valence-electron chi connectivity index (χ4n) is 2.82. The van der Waals surface area contributed by atoms with Gasteiger partial charge in [-0.2, -0.15) is 5.10 Å². The number of nitrogens with zero attached hydrogens (tertiary/aromatic N) is 5. The summed E-state index contributed by atoms with van der Waals surface area (Å²) in [4.78, 5) is 25.5. The van der Waals surface area contributed by atoms with Crippen molar-refractivity contribution in [3.63, 3.8) is 0 Å². The van der Waals surface area contributed by atoms with Crippen molar-refractivity contribution in [1.82, 2.24) is 24.7 Å². The summed E-state index contributed by atoms with van der Waals surface area (Å²) in [5.74, 6) is -0.0453. The highest BCUT2D eigenvalue weighted by Gasteiger charge is 2.12. The Kier molecular flexibility index (Phi) is 6.06. The second-order valence-corrected chi connectivity index (χ2v) is 7.76. The van der Waals surface area contributed by atoms with E-state index in [2.05, 4.69) is 25.4 Å². The number of benzene rings is 2.